The number of rotatable bonds is 3. The van der Waals surface area contributed by atoms with Crippen LogP contribution in [0.5, 0.6) is 0 Å². The Morgan fingerprint density at radius 1 is 1.38 bits per heavy atom. The summed E-state index contributed by atoms with van der Waals surface area (Å²) in [6, 6.07) is 1.97. The van der Waals surface area contributed by atoms with Crippen LogP contribution in [0.1, 0.15) is 48.8 Å². The lowest BCUT2D eigenvalue weighted by atomic mass is 10.0. The first kappa shape index (κ1) is 18.7. The van der Waals surface area contributed by atoms with Crippen molar-refractivity contribution in [1.82, 2.24) is 25.3 Å². The molecule has 8 heteroatoms. The summed E-state index contributed by atoms with van der Waals surface area (Å²) in [5.41, 5.74) is 1.44. The van der Waals surface area contributed by atoms with E-state index in [1.165, 1.54) is 0 Å². The highest BCUT2D eigenvalue weighted by atomic mass is 35.5. The lowest BCUT2D eigenvalue weighted by Crippen LogP contribution is -2.57. The molecule has 1 unspecified atom stereocenters. The number of hydrogen-bond donors (Lipinski definition) is 2. The molecule has 0 saturated carbocycles. The van der Waals surface area contributed by atoms with Crippen molar-refractivity contribution in [3.8, 4) is 0 Å². The molecule has 2 aliphatic heterocycles. The molecule has 134 valence electrons. The summed E-state index contributed by atoms with van der Waals surface area (Å²) in [5.74, 6) is 0.412. The van der Waals surface area contributed by atoms with Gasteiger partial charge in [-0.3, -0.25) is 14.7 Å². The number of halogens is 1. The van der Waals surface area contributed by atoms with Gasteiger partial charge in [0, 0.05) is 37.9 Å². The van der Waals surface area contributed by atoms with Gasteiger partial charge in [-0.15, -0.1) is 12.4 Å². The van der Waals surface area contributed by atoms with Crippen LogP contribution in [0.4, 0.5) is 0 Å². The first-order valence-corrected chi connectivity index (χ1v) is 8.41. The van der Waals surface area contributed by atoms with Crippen molar-refractivity contribution in [2.75, 3.05) is 32.7 Å². The zero-order valence-electron chi connectivity index (χ0n) is 14.2. The number of nitrogens with zero attached hydrogens (tertiary/aromatic N) is 3. The average molecular weight is 356 g/mol. The van der Waals surface area contributed by atoms with E-state index in [1.807, 2.05) is 15.9 Å². The maximum absolute atomic E-state index is 12.7. The summed E-state index contributed by atoms with van der Waals surface area (Å²) in [5, 5.41) is 10.2. The van der Waals surface area contributed by atoms with E-state index in [2.05, 4.69) is 29.4 Å². The molecule has 2 fully saturated rings. The van der Waals surface area contributed by atoms with Crippen LogP contribution in [-0.2, 0) is 4.79 Å². The summed E-state index contributed by atoms with van der Waals surface area (Å²) in [6.45, 7) is 7.43. The molecular formula is C16H26ClN5O2. The number of carbonyl (C=O) groups excluding carboxylic acids is 2. The molecule has 2 N–H and O–H groups in total. The zero-order chi connectivity index (χ0) is 16.4. The van der Waals surface area contributed by atoms with Gasteiger partial charge in [-0.2, -0.15) is 5.10 Å². The van der Waals surface area contributed by atoms with E-state index in [4.69, 9.17) is 0 Å². The minimum Gasteiger partial charge on any atom is -0.336 e. The quantitative estimate of drug-likeness (QED) is 0.847. The van der Waals surface area contributed by atoms with Gasteiger partial charge in [0.05, 0.1) is 6.54 Å². The van der Waals surface area contributed by atoms with Crippen molar-refractivity contribution < 1.29 is 9.59 Å². The molecule has 1 atom stereocenters. The highest BCUT2D eigenvalue weighted by molar-refractivity contribution is 5.92. The van der Waals surface area contributed by atoms with E-state index in [1.54, 1.807) is 0 Å². The molecule has 7 nitrogen and oxygen atoms in total. The maximum atomic E-state index is 12.7. The number of aromatic amines is 1. The fraction of sp³-hybridized carbons (Fsp3) is 0.688. The number of aromatic nitrogens is 2. The molecule has 1 aromatic heterocycles. The van der Waals surface area contributed by atoms with Crippen molar-refractivity contribution in [1.29, 1.82) is 0 Å². The summed E-state index contributed by atoms with van der Waals surface area (Å²) >= 11 is 0. The molecule has 2 amide bonds. The van der Waals surface area contributed by atoms with Crippen LogP contribution in [0.3, 0.4) is 0 Å². The topological polar surface area (TPSA) is 81.3 Å². The summed E-state index contributed by atoms with van der Waals surface area (Å²) in [7, 11) is 0. The number of H-pyrrole nitrogens is 1. The second kappa shape index (κ2) is 7.98. The van der Waals surface area contributed by atoms with Gasteiger partial charge >= 0.3 is 0 Å². The van der Waals surface area contributed by atoms with E-state index < -0.39 is 0 Å². The van der Waals surface area contributed by atoms with E-state index in [-0.39, 0.29) is 30.3 Å². The van der Waals surface area contributed by atoms with Crippen LogP contribution in [0.25, 0.3) is 0 Å². The first-order valence-electron chi connectivity index (χ1n) is 8.41. The normalized spacial score (nSPS) is 21.8. The van der Waals surface area contributed by atoms with Crippen molar-refractivity contribution >= 4 is 24.2 Å². The zero-order valence-corrected chi connectivity index (χ0v) is 15.1. The van der Waals surface area contributed by atoms with Gasteiger partial charge in [0.25, 0.3) is 5.91 Å². The van der Waals surface area contributed by atoms with Crippen LogP contribution in [0.15, 0.2) is 6.07 Å². The predicted molar refractivity (Wildman–Crippen MR) is 93.4 cm³/mol. The largest absolute Gasteiger partial charge is 0.336 e. The minimum atomic E-state index is -0.0413. The molecule has 0 aromatic carbocycles. The van der Waals surface area contributed by atoms with Gasteiger partial charge in [0.1, 0.15) is 5.69 Å². The number of likely N-dealkylation sites (tertiary alicyclic amines) is 1. The lowest BCUT2D eigenvalue weighted by molar-refractivity contribution is -0.135. The third-order valence-corrected chi connectivity index (χ3v) is 4.69. The SMILES string of the molecule is CC(C)c1cc(C(=O)N2CCCC(N3CCNCC3=O)C2)n[nH]1.Cl. The first-order chi connectivity index (χ1) is 11.1. The third kappa shape index (κ3) is 3.89. The Bertz CT molecular complexity index is 589. The Hall–Kier alpha value is -1.60. The number of piperidine rings is 1. The number of amides is 2. The van der Waals surface area contributed by atoms with Gasteiger partial charge in [0.2, 0.25) is 5.91 Å². The van der Waals surface area contributed by atoms with Crippen LogP contribution < -0.4 is 5.32 Å². The molecule has 0 aliphatic carbocycles. The Morgan fingerprint density at radius 3 is 2.83 bits per heavy atom. The third-order valence-electron chi connectivity index (χ3n) is 4.69. The second-order valence-electron chi connectivity index (χ2n) is 6.67. The van der Waals surface area contributed by atoms with E-state index in [0.29, 0.717) is 24.7 Å². The van der Waals surface area contributed by atoms with Crippen molar-refractivity contribution in [2.24, 2.45) is 0 Å². The van der Waals surface area contributed by atoms with E-state index in [9.17, 15) is 9.59 Å². The number of piperazine rings is 1. The second-order valence-corrected chi connectivity index (χ2v) is 6.67. The maximum Gasteiger partial charge on any atom is 0.274 e. The fourth-order valence-electron chi connectivity index (χ4n) is 3.30. The Labute approximate surface area is 148 Å². The molecule has 0 spiro atoms. The average Bonchev–Trinajstić information content (AvgIpc) is 3.05. The number of nitrogens with one attached hydrogen (secondary N) is 2. The standard InChI is InChI=1S/C16H25N5O2.ClH/c1-11(2)13-8-14(19-18-13)16(23)20-6-3-4-12(10-20)21-7-5-17-9-15(21)22;/h8,11-12,17H,3-7,9-10H2,1-2H3,(H,18,19);1H. The molecule has 0 radical (unpaired) electrons. The minimum absolute atomic E-state index is 0. The van der Waals surface area contributed by atoms with Crippen molar-refractivity contribution in [2.45, 2.75) is 38.6 Å². The van der Waals surface area contributed by atoms with Crippen LogP contribution in [0.2, 0.25) is 0 Å². The number of carbonyl (C=O) groups is 2. The van der Waals surface area contributed by atoms with Crippen LogP contribution in [0, 0.1) is 0 Å². The molecule has 2 saturated heterocycles. The van der Waals surface area contributed by atoms with Crippen molar-refractivity contribution in [3.63, 3.8) is 0 Å². The molecular weight excluding hydrogens is 330 g/mol. The van der Waals surface area contributed by atoms with Gasteiger partial charge in [-0.25, -0.2) is 0 Å². The van der Waals surface area contributed by atoms with Gasteiger partial charge in [-0.1, -0.05) is 13.8 Å². The predicted octanol–water partition coefficient (Wildman–Crippen LogP) is 0.991. The van der Waals surface area contributed by atoms with E-state index >= 15 is 0 Å². The van der Waals surface area contributed by atoms with Gasteiger partial charge < -0.3 is 15.1 Å². The summed E-state index contributed by atoms with van der Waals surface area (Å²) < 4.78 is 0. The smallest absolute Gasteiger partial charge is 0.274 e. The summed E-state index contributed by atoms with van der Waals surface area (Å²) in [6.07, 6.45) is 1.89. The Morgan fingerprint density at radius 2 is 2.17 bits per heavy atom. The molecule has 3 heterocycles. The van der Waals surface area contributed by atoms with Crippen LogP contribution in [-0.4, -0.2) is 70.6 Å². The lowest BCUT2D eigenvalue weighted by Gasteiger charge is -2.40. The molecule has 1 aromatic rings. The molecule has 0 bridgehead atoms. The van der Waals surface area contributed by atoms with Gasteiger partial charge in [0.15, 0.2) is 0 Å². The molecule has 2 aliphatic rings. The molecule has 24 heavy (non-hydrogen) atoms. The molecule has 3 rings (SSSR count). The fourth-order valence-corrected chi connectivity index (χ4v) is 3.30. The Balaban J connectivity index is 0.00000208. The monoisotopic (exact) mass is 355 g/mol. The van der Waals surface area contributed by atoms with E-state index in [0.717, 1.165) is 38.2 Å². The van der Waals surface area contributed by atoms with Crippen molar-refractivity contribution in [3.05, 3.63) is 17.5 Å². The summed E-state index contributed by atoms with van der Waals surface area (Å²) in [4.78, 5) is 28.5. The number of hydrogen-bond acceptors (Lipinski definition) is 4. The highest BCUT2D eigenvalue weighted by Crippen LogP contribution is 2.20. The highest BCUT2D eigenvalue weighted by Gasteiger charge is 2.32. The van der Waals surface area contributed by atoms with Gasteiger partial charge in [-0.05, 0) is 24.8 Å². The Kier molecular flexibility index (Phi) is 6.23. The van der Waals surface area contributed by atoms with Crippen LogP contribution >= 0.6 is 12.4 Å².